The Bertz CT molecular complexity index is 925. The van der Waals surface area contributed by atoms with E-state index in [2.05, 4.69) is 41.2 Å². The van der Waals surface area contributed by atoms with E-state index in [0.717, 1.165) is 56.9 Å². The fraction of sp³-hybridized carbons (Fsp3) is 0.867. The molecule has 190 valence electrons. The summed E-state index contributed by atoms with van der Waals surface area (Å²) in [4.78, 5) is 26.7. The topological polar surface area (TPSA) is 63.6 Å². The summed E-state index contributed by atoms with van der Waals surface area (Å²) in [5.74, 6) is 1.66. The van der Waals surface area contributed by atoms with E-state index in [0.29, 0.717) is 30.5 Å². The Kier molecular flexibility index (Phi) is 5.36. The zero-order valence-electron chi connectivity index (χ0n) is 22.3. The fourth-order valence-corrected chi connectivity index (χ4v) is 11.1. The minimum Gasteiger partial charge on any atom is -0.469 e. The van der Waals surface area contributed by atoms with Crippen molar-refractivity contribution in [2.75, 3.05) is 7.11 Å². The zero-order valence-corrected chi connectivity index (χ0v) is 22.3. The van der Waals surface area contributed by atoms with Gasteiger partial charge in [0, 0.05) is 12.3 Å². The second-order valence-corrected chi connectivity index (χ2v) is 14.1. The molecule has 5 rings (SSSR count). The van der Waals surface area contributed by atoms with E-state index in [4.69, 9.17) is 4.74 Å². The van der Waals surface area contributed by atoms with Gasteiger partial charge in [0.05, 0.1) is 18.6 Å². The summed E-state index contributed by atoms with van der Waals surface area (Å²) in [6.07, 6.45) is 8.74. The van der Waals surface area contributed by atoms with Gasteiger partial charge >= 0.3 is 5.97 Å². The third-order valence-electron chi connectivity index (χ3n) is 13.2. The molecule has 0 spiro atoms. The highest BCUT2D eigenvalue weighted by Gasteiger charge is 2.74. The van der Waals surface area contributed by atoms with E-state index in [1.807, 2.05) is 0 Å². The molecule has 0 amide bonds. The molecule has 0 aliphatic heterocycles. The van der Waals surface area contributed by atoms with Gasteiger partial charge in [0.15, 0.2) is 0 Å². The number of aliphatic hydroxyl groups excluding tert-OH is 1. The molecule has 5 aliphatic rings. The van der Waals surface area contributed by atoms with Crippen LogP contribution >= 0.6 is 0 Å². The number of carbonyl (C=O) groups excluding carboxylic acids is 2. The van der Waals surface area contributed by atoms with Gasteiger partial charge < -0.3 is 9.84 Å². The van der Waals surface area contributed by atoms with Gasteiger partial charge in [0.25, 0.3) is 0 Å². The molecule has 5 fully saturated rings. The van der Waals surface area contributed by atoms with E-state index < -0.39 is 11.5 Å². The van der Waals surface area contributed by atoms with Crippen LogP contribution in [0.5, 0.6) is 0 Å². The Balaban J connectivity index is 1.62. The number of ether oxygens (including phenoxy) is 1. The number of rotatable bonds is 1. The van der Waals surface area contributed by atoms with Gasteiger partial charge in [0.1, 0.15) is 5.78 Å². The van der Waals surface area contributed by atoms with Gasteiger partial charge in [-0.1, -0.05) is 41.2 Å². The molecule has 4 nitrogen and oxygen atoms in total. The molecule has 10 atom stereocenters. The molecule has 34 heavy (non-hydrogen) atoms. The molecule has 0 radical (unpaired) electrons. The summed E-state index contributed by atoms with van der Waals surface area (Å²) < 4.78 is 5.67. The molecule has 0 aromatic carbocycles. The Morgan fingerprint density at radius 3 is 2.35 bits per heavy atom. The summed E-state index contributed by atoms with van der Waals surface area (Å²) in [6, 6.07) is 0. The number of ketones is 1. The van der Waals surface area contributed by atoms with Crippen LogP contribution in [-0.4, -0.2) is 30.1 Å². The van der Waals surface area contributed by atoms with Gasteiger partial charge in [-0.25, -0.2) is 0 Å². The maximum absolute atomic E-state index is 14.0. The molecule has 0 aromatic rings. The third kappa shape index (κ3) is 2.75. The summed E-state index contributed by atoms with van der Waals surface area (Å²) in [7, 11) is 1.57. The van der Waals surface area contributed by atoms with Crippen LogP contribution in [0, 0.1) is 50.7 Å². The molecule has 0 bridgehead atoms. The molecule has 0 unspecified atom stereocenters. The van der Waals surface area contributed by atoms with E-state index in [1.165, 1.54) is 0 Å². The van der Waals surface area contributed by atoms with Gasteiger partial charge in [-0.05, 0) is 103 Å². The Hall–Kier alpha value is -1.16. The third-order valence-corrected chi connectivity index (χ3v) is 13.2. The quantitative estimate of drug-likeness (QED) is 0.371. The van der Waals surface area contributed by atoms with Crippen molar-refractivity contribution >= 4 is 11.8 Å². The van der Waals surface area contributed by atoms with Crippen LogP contribution in [0.3, 0.4) is 0 Å². The highest BCUT2D eigenvalue weighted by molar-refractivity contribution is 5.82. The van der Waals surface area contributed by atoms with Crippen LogP contribution in [-0.2, 0) is 14.3 Å². The summed E-state index contributed by atoms with van der Waals surface area (Å²) in [5.41, 5.74) is 0.329. The number of hydrogen-bond donors (Lipinski definition) is 1. The van der Waals surface area contributed by atoms with Crippen molar-refractivity contribution in [3.05, 3.63) is 12.2 Å². The summed E-state index contributed by atoms with van der Waals surface area (Å²) >= 11 is 0. The van der Waals surface area contributed by atoms with Crippen molar-refractivity contribution in [1.29, 1.82) is 0 Å². The van der Waals surface area contributed by atoms with Crippen LogP contribution in [0.1, 0.15) is 98.8 Å². The van der Waals surface area contributed by atoms with Crippen molar-refractivity contribution in [2.24, 2.45) is 50.7 Å². The van der Waals surface area contributed by atoms with Crippen LogP contribution in [0.25, 0.3) is 0 Å². The molecule has 0 heterocycles. The SMILES string of the molecule is C=C1C[C@@H]2[C@@](C)(CC[C@]3(C)[C@H]4CC[C@@]5(C)[C@@H](CCC(=O)[C@@H]5C)[C@]4(C)CC[C@@]23C(=O)OC)C[C@@H]1O. The molecule has 5 saturated carbocycles. The lowest BCUT2D eigenvalue weighted by Gasteiger charge is -2.73. The molecule has 4 heteroatoms. The minimum absolute atomic E-state index is 0.0299. The summed E-state index contributed by atoms with van der Waals surface area (Å²) in [5, 5.41) is 10.7. The average molecular weight is 471 g/mol. The van der Waals surface area contributed by atoms with Crippen LogP contribution in [0.2, 0.25) is 0 Å². The number of fused-ring (bicyclic) bond motifs is 7. The average Bonchev–Trinajstić information content (AvgIpc) is 2.78. The second kappa shape index (κ2) is 7.43. The van der Waals surface area contributed by atoms with Gasteiger partial charge in [-0.15, -0.1) is 0 Å². The molecule has 0 aromatic heterocycles. The van der Waals surface area contributed by atoms with Crippen molar-refractivity contribution < 1.29 is 19.4 Å². The number of carbonyl (C=O) groups is 2. The fourth-order valence-electron chi connectivity index (χ4n) is 11.1. The zero-order chi connectivity index (χ0) is 24.9. The smallest absolute Gasteiger partial charge is 0.312 e. The minimum atomic E-state index is -0.536. The maximum Gasteiger partial charge on any atom is 0.312 e. The van der Waals surface area contributed by atoms with Crippen molar-refractivity contribution in [3.8, 4) is 0 Å². The normalized spacial score (nSPS) is 54.9. The Morgan fingerprint density at radius 1 is 0.971 bits per heavy atom. The second-order valence-electron chi connectivity index (χ2n) is 14.1. The predicted octanol–water partition coefficient (Wildman–Crippen LogP) is 6.11. The Morgan fingerprint density at radius 2 is 1.68 bits per heavy atom. The lowest BCUT2D eigenvalue weighted by atomic mass is 9.30. The summed E-state index contributed by atoms with van der Waals surface area (Å²) in [6.45, 7) is 16.0. The number of Topliss-reactive ketones (excluding diaryl/α,β-unsaturated/α-hetero) is 1. The number of hydrogen-bond acceptors (Lipinski definition) is 4. The maximum atomic E-state index is 14.0. The molecule has 0 saturated heterocycles. The van der Waals surface area contributed by atoms with Crippen LogP contribution in [0.4, 0.5) is 0 Å². The highest BCUT2D eigenvalue weighted by Crippen LogP contribution is 2.78. The van der Waals surface area contributed by atoms with E-state index in [9.17, 15) is 14.7 Å². The number of methoxy groups -OCH3 is 1. The highest BCUT2D eigenvalue weighted by atomic mass is 16.5. The lowest BCUT2D eigenvalue weighted by molar-refractivity contribution is -0.259. The van der Waals surface area contributed by atoms with Crippen molar-refractivity contribution in [1.82, 2.24) is 0 Å². The van der Waals surface area contributed by atoms with E-state index in [1.54, 1.807) is 7.11 Å². The van der Waals surface area contributed by atoms with Crippen LogP contribution < -0.4 is 0 Å². The first kappa shape index (κ1) is 24.5. The van der Waals surface area contributed by atoms with Gasteiger partial charge in [-0.2, -0.15) is 0 Å². The number of aliphatic hydroxyl groups is 1. The first-order valence-corrected chi connectivity index (χ1v) is 13.8. The van der Waals surface area contributed by atoms with E-state index in [-0.39, 0.29) is 39.5 Å². The van der Waals surface area contributed by atoms with Gasteiger partial charge in [0.2, 0.25) is 0 Å². The Labute approximate surface area is 206 Å². The standard InChI is InChI=1S/C30H46O4/c1-18-16-24-26(3,17-21(18)32)12-14-29(6)23-10-11-27(4)19(2)20(31)8-9-22(27)28(23,5)13-15-30(24,29)25(33)34-7/h19,21-24,32H,1,8-17H2,2-7H3/t19-,21-,22+,23-,24+,26-,27+,28-,29+,30-/m0/s1. The molecular formula is C30H46O4. The lowest BCUT2D eigenvalue weighted by Crippen LogP contribution is -2.70. The van der Waals surface area contributed by atoms with Crippen molar-refractivity contribution in [2.45, 2.75) is 105 Å². The van der Waals surface area contributed by atoms with E-state index >= 15 is 0 Å². The molecular weight excluding hydrogens is 424 g/mol. The number of esters is 1. The first-order valence-electron chi connectivity index (χ1n) is 13.8. The predicted molar refractivity (Wildman–Crippen MR) is 133 cm³/mol. The van der Waals surface area contributed by atoms with Crippen LogP contribution in [0.15, 0.2) is 12.2 Å². The first-order chi connectivity index (χ1) is 15.8. The largest absolute Gasteiger partial charge is 0.469 e. The van der Waals surface area contributed by atoms with Gasteiger partial charge in [-0.3, -0.25) is 9.59 Å². The molecule has 1 N–H and O–H groups in total. The molecule has 5 aliphatic carbocycles. The monoisotopic (exact) mass is 470 g/mol. The van der Waals surface area contributed by atoms with Crippen molar-refractivity contribution in [3.63, 3.8) is 0 Å².